The first-order valence-corrected chi connectivity index (χ1v) is 8.99. The molecule has 0 fully saturated rings. The monoisotopic (exact) mass is 347 g/mol. The molecule has 1 aromatic heterocycles. The van der Waals surface area contributed by atoms with Crippen molar-refractivity contribution in [1.82, 2.24) is 9.88 Å². The first kappa shape index (κ1) is 18.4. The Morgan fingerprint density at radius 2 is 1.88 bits per heavy atom. The molecule has 2 aromatic rings. The van der Waals surface area contributed by atoms with Gasteiger partial charge in [-0.05, 0) is 49.5 Å². The van der Waals surface area contributed by atoms with E-state index in [0.29, 0.717) is 11.3 Å². The third-order valence-corrected chi connectivity index (χ3v) is 4.58. The van der Waals surface area contributed by atoms with Gasteiger partial charge in [0.1, 0.15) is 5.82 Å². The van der Waals surface area contributed by atoms with E-state index in [2.05, 4.69) is 29.0 Å². The fourth-order valence-electron chi connectivity index (χ4n) is 2.16. The number of hydrogen-bond donors (Lipinski definition) is 1. The fraction of sp³-hybridized carbons (Fsp3) is 0.333. The third-order valence-electron chi connectivity index (χ3n) is 3.65. The molecule has 1 N–H and O–H groups in total. The molecule has 1 amide bonds. The molecule has 1 aromatic carbocycles. The second kappa shape index (κ2) is 9.39. The predicted molar refractivity (Wildman–Crippen MR) is 97.1 cm³/mol. The van der Waals surface area contributed by atoms with Crippen LogP contribution in [0.15, 0.2) is 47.6 Å². The molecule has 2 rings (SSSR count). The molecular formula is C18H22FN3OS. The molecule has 0 saturated carbocycles. The van der Waals surface area contributed by atoms with Crippen molar-refractivity contribution in [2.75, 3.05) is 30.7 Å². The zero-order valence-electron chi connectivity index (χ0n) is 14.0. The Labute approximate surface area is 146 Å². The molecule has 0 spiro atoms. The molecule has 128 valence electrons. The van der Waals surface area contributed by atoms with Gasteiger partial charge in [-0.1, -0.05) is 13.8 Å². The van der Waals surface area contributed by atoms with E-state index in [1.807, 2.05) is 6.07 Å². The van der Waals surface area contributed by atoms with Gasteiger partial charge in [0.15, 0.2) is 0 Å². The van der Waals surface area contributed by atoms with Crippen LogP contribution in [0.5, 0.6) is 0 Å². The highest BCUT2D eigenvalue weighted by atomic mass is 32.2. The number of carbonyl (C=O) groups is 1. The number of thioether (sulfide) groups is 1. The zero-order valence-corrected chi connectivity index (χ0v) is 14.8. The Hall–Kier alpha value is -1.92. The molecule has 0 aliphatic carbocycles. The number of halogens is 1. The summed E-state index contributed by atoms with van der Waals surface area (Å²) in [5.74, 6) is 0.380. The SMILES string of the molecule is CCN(CC)CCSc1ccc(C(=O)Nc2ccc(F)cc2)cn1. The van der Waals surface area contributed by atoms with E-state index >= 15 is 0 Å². The lowest BCUT2D eigenvalue weighted by Crippen LogP contribution is -2.25. The van der Waals surface area contributed by atoms with Gasteiger partial charge in [-0.2, -0.15) is 0 Å². The van der Waals surface area contributed by atoms with Crippen LogP contribution >= 0.6 is 11.8 Å². The van der Waals surface area contributed by atoms with Gasteiger partial charge in [0.05, 0.1) is 10.6 Å². The Bertz CT molecular complexity index is 642. The summed E-state index contributed by atoms with van der Waals surface area (Å²) in [5, 5.41) is 3.62. The summed E-state index contributed by atoms with van der Waals surface area (Å²) in [5.41, 5.74) is 1.03. The van der Waals surface area contributed by atoms with Crippen LogP contribution in [-0.2, 0) is 0 Å². The zero-order chi connectivity index (χ0) is 17.4. The number of aromatic nitrogens is 1. The van der Waals surface area contributed by atoms with Crippen LogP contribution in [0.25, 0.3) is 0 Å². The largest absolute Gasteiger partial charge is 0.322 e. The minimum Gasteiger partial charge on any atom is -0.322 e. The highest BCUT2D eigenvalue weighted by Gasteiger charge is 2.07. The highest BCUT2D eigenvalue weighted by Crippen LogP contribution is 2.16. The number of nitrogens with one attached hydrogen (secondary N) is 1. The molecule has 0 aliphatic rings. The summed E-state index contributed by atoms with van der Waals surface area (Å²) >= 11 is 1.68. The topological polar surface area (TPSA) is 45.2 Å². The van der Waals surface area contributed by atoms with E-state index in [1.165, 1.54) is 24.3 Å². The molecule has 0 bridgehead atoms. The van der Waals surface area contributed by atoms with Crippen LogP contribution in [0.1, 0.15) is 24.2 Å². The maximum atomic E-state index is 12.9. The summed E-state index contributed by atoms with van der Waals surface area (Å²) in [6.07, 6.45) is 1.57. The van der Waals surface area contributed by atoms with E-state index in [-0.39, 0.29) is 11.7 Å². The second-order valence-electron chi connectivity index (χ2n) is 5.22. The molecule has 0 atom stereocenters. The number of rotatable bonds is 8. The van der Waals surface area contributed by atoms with Crippen molar-refractivity contribution in [3.63, 3.8) is 0 Å². The molecule has 1 heterocycles. The summed E-state index contributed by atoms with van der Waals surface area (Å²) in [7, 11) is 0. The van der Waals surface area contributed by atoms with Gasteiger partial charge in [0.2, 0.25) is 0 Å². The van der Waals surface area contributed by atoms with Crippen molar-refractivity contribution in [3.05, 3.63) is 54.0 Å². The van der Waals surface area contributed by atoms with Crippen LogP contribution in [0.2, 0.25) is 0 Å². The molecule has 6 heteroatoms. The smallest absolute Gasteiger partial charge is 0.257 e. The Morgan fingerprint density at radius 3 is 2.46 bits per heavy atom. The van der Waals surface area contributed by atoms with Gasteiger partial charge >= 0.3 is 0 Å². The standard InChI is InChI=1S/C18H22FN3OS/c1-3-22(4-2)11-12-24-17-10-5-14(13-20-17)18(23)21-16-8-6-15(19)7-9-16/h5-10,13H,3-4,11-12H2,1-2H3,(H,21,23). The summed E-state index contributed by atoms with van der Waals surface area (Å²) in [6, 6.07) is 9.28. The highest BCUT2D eigenvalue weighted by molar-refractivity contribution is 7.99. The molecule has 24 heavy (non-hydrogen) atoms. The van der Waals surface area contributed by atoms with Gasteiger partial charge in [0, 0.05) is 24.2 Å². The normalized spacial score (nSPS) is 10.8. The first-order valence-electron chi connectivity index (χ1n) is 8.00. The van der Waals surface area contributed by atoms with Crippen LogP contribution in [0, 0.1) is 5.82 Å². The molecule has 4 nitrogen and oxygen atoms in total. The Morgan fingerprint density at radius 1 is 1.17 bits per heavy atom. The maximum Gasteiger partial charge on any atom is 0.257 e. The van der Waals surface area contributed by atoms with Crippen molar-refractivity contribution >= 4 is 23.4 Å². The first-order chi connectivity index (χ1) is 11.6. The van der Waals surface area contributed by atoms with Gasteiger partial charge in [-0.25, -0.2) is 9.37 Å². The van der Waals surface area contributed by atoms with E-state index in [9.17, 15) is 9.18 Å². The lowest BCUT2D eigenvalue weighted by molar-refractivity contribution is 0.102. The quantitative estimate of drug-likeness (QED) is 0.736. The van der Waals surface area contributed by atoms with Crippen LogP contribution in [0.4, 0.5) is 10.1 Å². The summed E-state index contributed by atoms with van der Waals surface area (Å²) in [6.45, 7) is 7.42. The van der Waals surface area contributed by atoms with Crippen molar-refractivity contribution < 1.29 is 9.18 Å². The molecule has 0 saturated heterocycles. The van der Waals surface area contributed by atoms with Crippen LogP contribution in [0.3, 0.4) is 0 Å². The van der Waals surface area contributed by atoms with Crippen molar-refractivity contribution in [1.29, 1.82) is 0 Å². The Kier molecular flexibility index (Phi) is 7.21. The number of hydrogen-bond acceptors (Lipinski definition) is 4. The average molecular weight is 347 g/mol. The minimum atomic E-state index is -0.333. The lowest BCUT2D eigenvalue weighted by atomic mass is 10.2. The van der Waals surface area contributed by atoms with Gasteiger partial charge in [-0.3, -0.25) is 4.79 Å². The van der Waals surface area contributed by atoms with E-state index < -0.39 is 0 Å². The fourth-order valence-corrected chi connectivity index (χ4v) is 3.01. The van der Waals surface area contributed by atoms with E-state index in [4.69, 9.17) is 0 Å². The van der Waals surface area contributed by atoms with Crippen LogP contribution in [-0.4, -0.2) is 41.2 Å². The Balaban J connectivity index is 1.86. The van der Waals surface area contributed by atoms with Crippen LogP contribution < -0.4 is 5.32 Å². The molecule has 0 radical (unpaired) electrons. The number of benzene rings is 1. The average Bonchev–Trinajstić information content (AvgIpc) is 2.61. The number of anilines is 1. The minimum absolute atomic E-state index is 0.256. The molecule has 0 aliphatic heterocycles. The van der Waals surface area contributed by atoms with Crippen molar-refractivity contribution in [2.45, 2.75) is 18.9 Å². The van der Waals surface area contributed by atoms with Crippen molar-refractivity contribution in [2.24, 2.45) is 0 Å². The third kappa shape index (κ3) is 5.62. The summed E-state index contributed by atoms with van der Waals surface area (Å²) in [4.78, 5) is 18.8. The lowest BCUT2D eigenvalue weighted by Gasteiger charge is -2.17. The van der Waals surface area contributed by atoms with Crippen molar-refractivity contribution in [3.8, 4) is 0 Å². The number of nitrogens with zero attached hydrogens (tertiary/aromatic N) is 2. The maximum absolute atomic E-state index is 12.9. The molecular weight excluding hydrogens is 325 g/mol. The predicted octanol–water partition coefficient (Wildman–Crippen LogP) is 3.91. The van der Waals surface area contributed by atoms with E-state index in [1.54, 1.807) is 24.0 Å². The number of carbonyl (C=O) groups excluding carboxylic acids is 1. The van der Waals surface area contributed by atoms with Gasteiger partial charge < -0.3 is 10.2 Å². The second-order valence-corrected chi connectivity index (χ2v) is 6.34. The molecule has 0 unspecified atom stereocenters. The number of amides is 1. The number of pyridine rings is 1. The van der Waals surface area contributed by atoms with Gasteiger partial charge in [0.25, 0.3) is 5.91 Å². The van der Waals surface area contributed by atoms with E-state index in [0.717, 1.165) is 30.4 Å². The summed E-state index contributed by atoms with van der Waals surface area (Å²) < 4.78 is 12.9. The van der Waals surface area contributed by atoms with Gasteiger partial charge in [-0.15, -0.1) is 11.8 Å².